The summed E-state index contributed by atoms with van der Waals surface area (Å²) >= 11 is 0. The first-order chi connectivity index (χ1) is 15.2. The fraction of sp³-hybridized carbons (Fsp3) is 0.385. The molecule has 31 heavy (non-hydrogen) atoms. The molecule has 0 radical (unpaired) electrons. The van der Waals surface area contributed by atoms with Crippen LogP contribution in [-0.4, -0.2) is 29.4 Å². The van der Waals surface area contributed by atoms with E-state index in [1.165, 1.54) is 12.8 Å². The zero-order valence-corrected chi connectivity index (χ0v) is 18.4. The predicted molar refractivity (Wildman–Crippen MR) is 123 cm³/mol. The van der Waals surface area contributed by atoms with Crippen molar-refractivity contribution in [3.05, 3.63) is 60.9 Å². The maximum Gasteiger partial charge on any atom is 0.159 e. The Morgan fingerprint density at radius 2 is 1.35 bits per heavy atom. The smallest absolute Gasteiger partial charge is 0.159 e. The summed E-state index contributed by atoms with van der Waals surface area (Å²) in [7, 11) is 0. The molecule has 164 valence electrons. The maximum atomic E-state index is 13.6. The standard InChI is InChI=1S/C26H31FN2O2/c1-3-5-6-16-30-24-12-8-20(9-13-24)22-17-28-26(29-18-22)21-10-14-25(15-11-21)31-19-23(27)7-4-2/h8-15,17-18,23H,3-7,16,19H2,1-2H3. The normalized spacial score (nSPS) is 11.8. The van der Waals surface area contributed by atoms with E-state index in [1.807, 2.05) is 67.8 Å². The van der Waals surface area contributed by atoms with Gasteiger partial charge in [-0.1, -0.05) is 45.2 Å². The van der Waals surface area contributed by atoms with Crippen molar-refractivity contribution >= 4 is 0 Å². The highest BCUT2D eigenvalue weighted by atomic mass is 19.1. The number of hydrogen-bond acceptors (Lipinski definition) is 4. The van der Waals surface area contributed by atoms with E-state index >= 15 is 0 Å². The van der Waals surface area contributed by atoms with Gasteiger partial charge in [-0.3, -0.25) is 0 Å². The molecule has 0 fully saturated rings. The number of hydrogen-bond donors (Lipinski definition) is 0. The number of alkyl halides is 1. The lowest BCUT2D eigenvalue weighted by Gasteiger charge is -2.10. The Kier molecular flexibility index (Phi) is 8.83. The molecule has 0 amide bonds. The van der Waals surface area contributed by atoms with Crippen molar-refractivity contribution in [1.82, 2.24) is 9.97 Å². The third kappa shape index (κ3) is 7.06. The molecular weight excluding hydrogens is 391 g/mol. The molecule has 1 atom stereocenters. The summed E-state index contributed by atoms with van der Waals surface area (Å²) < 4.78 is 24.8. The SMILES string of the molecule is CCCCCOc1ccc(-c2cnc(-c3ccc(OCC(F)CCC)cc3)nc2)cc1. The van der Waals surface area contributed by atoms with E-state index < -0.39 is 6.17 Å². The van der Waals surface area contributed by atoms with E-state index in [9.17, 15) is 4.39 Å². The topological polar surface area (TPSA) is 44.2 Å². The van der Waals surface area contributed by atoms with Crippen LogP contribution < -0.4 is 9.47 Å². The van der Waals surface area contributed by atoms with Crippen LogP contribution in [-0.2, 0) is 0 Å². The number of aromatic nitrogens is 2. The molecule has 3 aromatic rings. The summed E-state index contributed by atoms with van der Waals surface area (Å²) in [6.07, 6.45) is 7.51. The van der Waals surface area contributed by atoms with Crippen LogP contribution in [0.5, 0.6) is 11.5 Å². The quantitative estimate of drug-likeness (QED) is 0.298. The third-order valence-electron chi connectivity index (χ3n) is 5.00. The summed E-state index contributed by atoms with van der Waals surface area (Å²) in [6.45, 7) is 4.98. The number of halogens is 1. The molecule has 0 aliphatic heterocycles. The van der Waals surface area contributed by atoms with E-state index in [4.69, 9.17) is 9.47 Å². The number of nitrogens with zero attached hydrogens (tertiary/aromatic N) is 2. The Morgan fingerprint density at radius 3 is 1.97 bits per heavy atom. The molecule has 5 heteroatoms. The van der Waals surface area contributed by atoms with Crippen molar-refractivity contribution in [3.8, 4) is 34.0 Å². The molecule has 0 aliphatic carbocycles. The first kappa shape index (κ1) is 22.7. The summed E-state index contributed by atoms with van der Waals surface area (Å²) in [5.74, 6) is 2.17. The number of benzene rings is 2. The highest BCUT2D eigenvalue weighted by Gasteiger charge is 2.07. The van der Waals surface area contributed by atoms with Crippen molar-refractivity contribution in [2.75, 3.05) is 13.2 Å². The molecule has 0 spiro atoms. The van der Waals surface area contributed by atoms with Crippen LogP contribution >= 0.6 is 0 Å². The van der Waals surface area contributed by atoms with E-state index in [0.717, 1.165) is 41.9 Å². The molecule has 3 rings (SSSR count). The van der Waals surface area contributed by atoms with Crippen LogP contribution in [0.3, 0.4) is 0 Å². The molecule has 1 aromatic heterocycles. The number of unbranched alkanes of at least 4 members (excludes halogenated alkanes) is 2. The lowest BCUT2D eigenvalue weighted by Crippen LogP contribution is -2.12. The van der Waals surface area contributed by atoms with Gasteiger partial charge in [0.05, 0.1) is 6.61 Å². The van der Waals surface area contributed by atoms with Gasteiger partial charge in [-0.25, -0.2) is 14.4 Å². The maximum absolute atomic E-state index is 13.6. The van der Waals surface area contributed by atoms with E-state index in [2.05, 4.69) is 16.9 Å². The number of rotatable bonds is 12. The second-order valence-corrected chi connectivity index (χ2v) is 7.60. The average Bonchev–Trinajstić information content (AvgIpc) is 2.82. The van der Waals surface area contributed by atoms with Crippen LogP contribution in [0.2, 0.25) is 0 Å². The molecule has 0 aliphatic rings. The van der Waals surface area contributed by atoms with Crippen LogP contribution in [0.25, 0.3) is 22.5 Å². The molecular formula is C26H31FN2O2. The third-order valence-corrected chi connectivity index (χ3v) is 5.00. The van der Waals surface area contributed by atoms with Crippen molar-refractivity contribution in [3.63, 3.8) is 0 Å². The summed E-state index contributed by atoms with van der Waals surface area (Å²) in [4.78, 5) is 9.01. The van der Waals surface area contributed by atoms with Gasteiger partial charge < -0.3 is 9.47 Å². The minimum atomic E-state index is -0.928. The first-order valence-corrected chi connectivity index (χ1v) is 11.1. The van der Waals surface area contributed by atoms with Gasteiger partial charge in [0.1, 0.15) is 24.3 Å². The van der Waals surface area contributed by atoms with Gasteiger partial charge >= 0.3 is 0 Å². The Morgan fingerprint density at radius 1 is 0.742 bits per heavy atom. The lowest BCUT2D eigenvalue weighted by molar-refractivity contribution is 0.186. The zero-order chi connectivity index (χ0) is 21.9. The van der Waals surface area contributed by atoms with Crippen LogP contribution in [0.15, 0.2) is 60.9 Å². The fourth-order valence-corrected chi connectivity index (χ4v) is 3.20. The van der Waals surface area contributed by atoms with Gasteiger partial charge in [0.15, 0.2) is 5.82 Å². The molecule has 0 saturated carbocycles. The summed E-state index contributed by atoms with van der Waals surface area (Å²) in [6, 6.07) is 15.4. The Balaban J connectivity index is 1.57. The monoisotopic (exact) mass is 422 g/mol. The first-order valence-electron chi connectivity index (χ1n) is 11.1. The van der Waals surface area contributed by atoms with Crippen molar-refractivity contribution in [1.29, 1.82) is 0 Å². The molecule has 2 aromatic carbocycles. The minimum absolute atomic E-state index is 0.0843. The van der Waals surface area contributed by atoms with Crippen LogP contribution in [0, 0.1) is 0 Å². The highest BCUT2D eigenvalue weighted by Crippen LogP contribution is 2.24. The van der Waals surface area contributed by atoms with Crippen molar-refractivity contribution in [2.24, 2.45) is 0 Å². The van der Waals surface area contributed by atoms with Gasteiger partial charge in [0.25, 0.3) is 0 Å². The van der Waals surface area contributed by atoms with Crippen LogP contribution in [0.1, 0.15) is 46.0 Å². The molecule has 0 N–H and O–H groups in total. The molecule has 0 saturated heterocycles. The highest BCUT2D eigenvalue weighted by molar-refractivity contribution is 5.64. The Hall–Kier alpha value is -2.95. The molecule has 4 nitrogen and oxygen atoms in total. The largest absolute Gasteiger partial charge is 0.494 e. The lowest BCUT2D eigenvalue weighted by atomic mass is 10.1. The Bertz CT molecular complexity index is 896. The van der Waals surface area contributed by atoms with Gasteiger partial charge in [0, 0.05) is 23.5 Å². The van der Waals surface area contributed by atoms with E-state index in [1.54, 1.807) is 0 Å². The van der Waals surface area contributed by atoms with E-state index in [0.29, 0.717) is 18.0 Å². The summed E-state index contributed by atoms with van der Waals surface area (Å²) in [5, 5.41) is 0. The van der Waals surface area contributed by atoms with Gasteiger partial charge in [0.2, 0.25) is 0 Å². The van der Waals surface area contributed by atoms with Crippen molar-refractivity contribution < 1.29 is 13.9 Å². The second-order valence-electron chi connectivity index (χ2n) is 7.60. The Labute approximate surface area is 184 Å². The fourth-order valence-electron chi connectivity index (χ4n) is 3.20. The van der Waals surface area contributed by atoms with Crippen LogP contribution in [0.4, 0.5) is 4.39 Å². The zero-order valence-electron chi connectivity index (χ0n) is 18.4. The number of ether oxygens (including phenoxy) is 2. The van der Waals surface area contributed by atoms with Gasteiger partial charge in [-0.15, -0.1) is 0 Å². The van der Waals surface area contributed by atoms with E-state index in [-0.39, 0.29) is 6.61 Å². The summed E-state index contributed by atoms with van der Waals surface area (Å²) in [5.41, 5.74) is 2.88. The minimum Gasteiger partial charge on any atom is -0.494 e. The average molecular weight is 423 g/mol. The molecule has 1 heterocycles. The molecule has 1 unspecified atom stereocenters. The van der Waals surface area contributed by atoms with Gasteiger partial charge in [-0.05, 0) is 54.8 Å². The molecule has 0 bridgehead atoms. The van der Waals surface area contributed by atoms with Crippen molar-refractivity contribution in [2.45, 2.75) is 52.1 Å². The van der Waals surface area contributed by atoms with Gasteiger partial charge in [-0.2, -0.15) is 0 Å². The predicted octanol–water partition coefficient (Wildman–Crippen LogP) is 6.90. The second kappa shape index (κ2) is 12.0.